The molecular formula is C20H27NO3. The molecule has 0 bridgehead atoms. The first-order chi connectivity index (χ1) is 11.6. The summed E-state index contributed by atoms with van der Waals surface area (Å²) in [7, 11) is 4.99. The molecule has 4 nitrogen and oxygen atoms in total. The summed E-state index contributed by atoms with van der Waals surface area (Å²) in [5, 5.41) is 3.64. The molecule has 0 aliphatic rings. The maximum absolute atomic E-state index is 5.37. The van der Waals surface area contributed by atoms with Gasteiger partial charge in [-0.1, -0.05) is 32.0 Å². The fourth-order valence-electron chi connectivity index (χ4n) is 2.77. The van der Waals surface area contributed by atoms with Crippen LogP contribution in [0.15, 0.2) is 42.5 Å². The molecular weight excluding hydrogens is 302 g/mol. The van der Waals surface area contributed by atoms with Gasteiger partial charge >= 0.3 is 0 Å². The topological polar surface area (TPSA) is 39.7 Å². The van der Waals surface area contributed by atoms with Gasteiger partial charge in [-0.05, 0) is 41.3 Å². The van der Waals surface area contributed by atoms with E-state index in [0.29, 0.717) is 5.92 Å². The second-order valence-electron chi connectivity index (χ2n) is 6.07. The zero-order valence-corrected chi connectivity index (χ0v) is 15.1. The average molecular weight is 329 g/mol. The minimum absolute atomic E-state index is 0.268. The molecule has 0 heterocycles. The van der Waals surface area contributed by atoms with Crippen molar-refractivity contribution in [1.82, 2.24) is 5.32 Å². The van der Waals surface area contributed by atoms with E-state index in [9.17, 15) is 0 Å². The van der Waals surface area contributed by atoms with E-state index in [4.69, 9.17) is 14.2 Å². The van der Waals surface area contributed by atoms with Crippen molar-refractivity contribution in [2.24, 2.45) is 5.92 Å². The van der Waals surface area contributed by atoms with Gasteiger partial charge in [0.2, 0.25) is 0 Å². The summed E-state index contributed by atoms with van der Waals surface area (Å²) >= 11 is 0. The Bertz CT molecular complexity index is 638. The molecule has 1 atom stereocenters. The Morgan fingerprint density at radius 3 is 2.04 bits per heavy atom. The van der Waals surface area contributed by atoms with E-state index in [1.807, 2.05) is 24.3 Å². The summed E-state index contributed by atoms with van der Waals surface area (Å²) in [6.45, 7) is 5.20. The highest BCUT2D eigenvalue weighted by molar-refractivity contribution is 5.43. The Kier molecular flexibility index (Phi) is 6.50. The van der Waals surface area contributed by atoms with Gasteiger partial charge in [-0.15, -0.1) is 0 Å². The van der Waals surface area contributed by atoms with Crippen molar-refractivity contribution in [3.63, 3.8) is 0 Å². The average Bonchev–Trinajstić information content (AvgIpc) is 2.61. The smallest absolute Gasteiger partial charge is 0.161 e. The van der Waals surface area contributed by atoms with Gasteiger partial charge in [0, 0.05) is 12.6 Å². The van der Waals surface area contributed by atoms with Crippen LogP contribution in [0.1, 0.15) is 31.0 Å². The van der Waals surface area contributed by atoms with Crippen molar-refractivity contribution >= 4 is 0 Å². The molecule has 0 aliphatic carbocycles. The number of methoxy groups -OCH3 is 3. The Labute approximate surface area is 144 Å². The lowest BCUT2D eigenvalue weighted by atomic mass is 9.95. The Balaban J connectivity index is 2.11. The lowest BCUT2D eigenvalue weighted by molar-refractivity contribution is 0.353. The highest BCUT2D eigenvalue weighted by Crippen LogP contribution is 2.29. The predicted octanol–water partition coefficient (Wildman–Crippen LogP) is 4.20. The maximum Gasteiger partial charge on any atom is 0.161 e. The van der Waals surface area contributed by atoms with Crippen molar-refractivity contribution in [2.45, 2.75) is 26.4 Å². The fourth-order valence-corrected chi connectivity index (χ4v) is 2.77. The first kappa shape index (κ1) is 18.1. The Morgan fingerprint density at radius 1 is 0.833 bits per heavy atom. The van der Waals surface area contributed by atoms with Crippen LogP contribution in [-0.2, 0) is 6.54 Å². The van der Waals surface area contributed by atoms with Crippen LogP contribution in [0.25, 0.3) is 0 Å². The number of rotatable bonds is 8. The Morgan fingerprint density at radius 2 is 1.50 bits per heavy atom. The predicted molar refractivity (Wildman–Crippen MR) is 97.0 cm³/mol. The molecule has 0 radical (unpaired) electrons. The summed E-state index contributed by atoms with van der Waals surface area (Å²) in [4.78, 5) is 0. The van der Waals surface area contributed by atoms with E-state index in [-0.39, 0.29) is 6.04 Å². The van der Waals surface area contributed by atoms with E-state index in [0.717, 1.165) is 29.4 Å². The van der Waals surface area contributed by atoms with Crippen LogP contribution in [0, 0.1) is 5.92 Å². The summed E-state index contributed by atoms with van der Waals surface area (Å²) in [5.41, 5.74) is 2.41. The maximum atomic E-state index is 5.37. The number of nitrogens with one attached hydrogen (secondary N) is 1. The highest BCUT2D eigenvalue weighted by Gasteiger charge is 2.15. The molecule has 0 fully saturated rings. The summed E-state index contributed by atoms with van der Waals surface area (Å²) in [6, 6.07) is 14.5. The van der Waals surface area contributed by atoms with Crippen molar-refractivity contribution in [1.29, 1.82) is 0 Å². The monoisotopic (exact) mass is 329 g/mol. The van der Waals surface area contributed by atoms with Gasteiger partial charge in [-0.2, -0.15) is 0 Å². The molecule has 0 saturated carbocycles. The van der Waals surface area contributed by atoms with Crippen LogP contribution in [-0.4, -0.2) is 21.3 Å². The number of ether oxygens (including phenoxy) is 3. The van der Waals surface area contributed by atoms with Crippen molar-refractivity contribution < 1.29 is 14.2 Å². The van der Waals surface area contributed by atoms with Crippen LogP contribution < -0.4 is 19.5 Å². The molecule has 2 aromatic rings. The first-order valence-corrected chi connectivity index (χ1v) is 8.17. The lowest BCUT2D eigenvalue weighted by Crippen LogP contribution is -2.25. The number of benzene rings is 2. The van der Waals surface area contributed by atoms with Crippen molar-refractivity contribution in [3.8, 4) is 17.2 Å². The van der Waals surface area contributed by atoms with Crippen LogP contribution in [0.3, 0.4) is 0 Å². The lowest BCUT2D eigenvalue weighted by Gasteiger charge is -2.23. The zero-order valence-electron chi connectivity index (χ0n) is 15.1. The van der Waals surface area contributed by atoms with E-state index < -0.39 is 0 Å². The quantitative estimate of drug-likeness (QED) is 0.788. The van der Waals surface area contributed by atoms with Crippen molar-refractivity contribution in [2.75, 3.05) is 21.3 Å². The normalized spacial score (nSPS) is 12.1. The summed E-state index contributed by atoms with van der Waals surface area (Å²) in [6.07, 6.45) is 0. The Hall–Kier alpha value is -2.20. The summed E-state index contributed by atoms with van der Waals surface area (Å²) < 4.78 is 15.9. The van der Waals surface area contributed by atoms with Gasteiger partial charge in [-0.3, -0.25) is 0 Å². The first-order valence-electron chi connectivity index (χ1n) is 8.17. The third kappa shape index (κ3) is 4.42. The second kappa shape index (κ2) is 8.60. The molecule has 2 aromatic carbocycles. The third-order valence-corrected chi connectivity index (χ3v) is 4.12. The zero-order chi connectivity index (χ0) is 17.5. The minimum atomic E-state index is 0.268. The van der Waals surface area contributed by atoms with Crippen LogP contribution >= 0.6 is 0 Å². The van der Waals surface area contributed by atoms with E-state index in [2.05, 4.69) is 37.4 Å². The molecule has 0 aromatic heterocycles. The molecule has 0 amide bonds. The van der Waals surface area contributed by atoms with E-state index in [1.165, 1.54) is 5.56 Å². The van der Waals surface area contributed by atoms with Crippen molar-refractivity contribution in [3.05, 3.63) is 53.6 Å². The molecule has 0 saturated heterocycles. The number of hydrogen-bond donors (Lipinski definition) is 1. The molecule has 130 valence electrons. The molecule has 2 rings (SSSR count). The van der Waals surface area contributed by atoms with E-state index in [1.54, 1.807) is 21.3 Å². The van der Waals surface area contributed by atoms with Gasteiger partial charge in [-0.25, -0.2) is 0 Å². The standard InChI is InChI=1S/C20H27NO3/c1-14(2)20(16-7-9-17(22-3)10-8-16)21-13-15-6-11-18(23-4)19(12-15)24-5/h6-12,14,20-21H,13H2,1-5H3. The molecule has 0 aliphatic heterocycles. The minimum Gasteiger partial charge on any atom is -0.497 e. The molecule has 1 N–H and O–H groups in total. The van der Waals surface area contributed by atoms with E-state index >= 15 is 0 Å². The highest BCUT2D eigenvalue weighted by atomic mass is 16.5. The molecule has 24 heavy (non-hydrogen) atoms. The second-order valence-corrected chi connectivity index (χ2v) is 6.07. The van der Waals surface area contributed by atoms with Gasteiger partial charge in [0.15, 0.2) is 11.5 Å². The van der Waals surface area contributed by atoms with Gasteiger partial charge in [0.1, 0.15) is 5.75 Å². The molecule has 0 spiro atoms. The van der Waals surface area contributed by atoms with Gasteiger partial charge in [0.05, 0.1) is 21.3 Å². The fraction of sp³-hybridized carbons (Fsp3) is 0.400. The summed E-state index contributed by atoms with van der Waals surface area (Å²) in [5.74, 6) is 2.85. The molecule has 1 unspecified atom stereocenters. The third-order valence-electron chi connectivity index (χ3n) is 4.12. The van der Waals surface area contributed by atoms with Gasteiger partial charge in [0.25, 0.3) is 0 Å². The van der Waals surface area contributed by atoms with Crippen LogP contribution in [0.5, 0.6) is 17.2 Å². The SMILES string of the molecule is COc1ccc(C(NCc2ccc(OC)c(OC)c2)C(C)C)cc1. The largest absolute Gasteiger partial charge is 0.497 e. The van der Waals surface area contributed by atoms with Gasteiger partial charge < -0.3 is 19.5 Å². The van der Waals surface area contributed by atoms with Crippen LogP contribution in [0.2, 0.25) is 0 Å². The number of hydrogen-bond acceptors (Lipinski definition) is 4. The molecule has 4 heteroatoms. The van der Waals surface area contributed by atoms with Crippen LogP contribution in [0.4, 0.5) is 0 Å².